The lowest BCUT2D eigenvalue weighted by Gasteiger charge is -2.12. The predicted octanol–water partition coefficient (Wildman–Crippen LogP) is 1.83. The van der Waals surface area contributed by atoms with Gasteiger partial charge in [0.25, 0.3) is 0 Å². The van der Waals surface area contributed by atoms with E-state index in [9.17, 15) is 8.42 Å². The number of nitrogens with zero attached hydrogens (tertiary/aromatic N) is 2. The van der Waals surface area contributed by atoms with E-state index in [2.05, 4.69) is 20.6 Å². The Bertz CT molecular complexity index is 795. The number of rotatable bonds is 5. The molecule has 0 spiro atoms. The van der Waals surface area contributed by atoms with E-state index in [0.29, 0.717) is 18.1 Å². The van der Waals surface area contributed by atoms with Crippen LogP contribution in [0.15, 0.2) is 36.7 Å². The Labute approximate surface area is 135 Å². The zero-order chi connectivity index (χ0) is 16.3. The summed E-state index contributed by atoms with van der Waals surface area (Å²) >= 11 is 0. The third-order valence-corrected chi connectivity index (χ3v) is 5.36. The second-order valence-electron chi connectivity index (χ2n) is 5.39. The molecular weight excluding hydrogens is 316 g/mol. The third-order valence-electron chi connectivity index (χ3n) is 3.59. The monoisotopic (exact) mass is 334 g/mol. The molecule has 7 nitrogen and oxygen atoms in total. The molecule has 0 bridgehead atoms. The van der Waals surface area contributed by atoms with Gasteiger partial charge in [-0.3, -0.25) is 0 Å². The fourth-order valence-corrected chi connectivity index (χ4v) is 4.14. The average molecular weight is 334 g/mol. The van der Waals surface area contributed by atoms with Gasteiger partial charge in [0, 0.05) is 23.9 Å². The first-order valence-electron chi connectivity index (χ1n) is 7.24. The first kappa shape index (κ1) is 15.5. The van der Waals surface area contributed by atoms with Crippen LogP contribution in [-0.2, 0) is 9.84 Å². The smallest absolute Gasteiger partial charge is 0.152 e. The number of sulfone groups is 1. The average Bonchev–Trinajstić information content (AvgIpc) is 2.86. The lowest BCUT2D eigenvalue weighted by atomic mass is 10.2. The SMILES string of the molecule is COc1cccc(Nc2cc(NC3CCS(=O)(=O)C3)ncn2)c1. The molecule has 2 N–H and O–H groups in total. The van der Waals surface area contributed by atoms with Crippen LogP contribution in [0.1, 0.15) is 6.42 Å². The first-order chi connectivity index (χ1) is 11.0. The second-order valence-corrected chi connectivity index (χ2v) is 7.62. The standard InChI is InChI=1S/C15H18N4O3S/c1-22-13-4-2-3-11(7-13)18-14-8-15(17-10-16-14)19-12-5-6-23(20,21)9-12/h2-4,7-8,10,12H,5-6,9H2,1H3,(H2,16,17,18,19). The minimum absolute atomic E-state index is 0.0976. The van der Waals surface area contributed by atoms with Gasteiger partial charge in [0.1, 0.15) is 23.7 Å². The van der Waals surface area contributed by atoms with Gasteiger partial charge in [-0.25, -0.2) is 18.4 Å². The van der Waals surface area contributed by atoms with Crippen molar-refractivity contribution in [1.82, 2.24) is 9.97 Å². The number of anilines is 3. The molecule has 1 atom stereocenters. The molecule has 1 fully saturated rings. The predicted molar refractivity (Wildman–Crippen MR) is 89.0 cm³/mol. The summed E-state index contributed by atoms with van der Waals surface area (Å²) in [6.07, 6.45) is 2.04. The van der Waals surface area contributed by atoms with E-state index in [4.69, 9.17) is 4.74 Å². The topological polar surface area (TPSA) is 93.2 Å². The van der Waals surface area contributed by atoms with Crippen LogP contribution in [0.2, 0.25) is 0 Å². The Morgan fingerprint density at radius 1 is 1.22 bits per heavy atom. The van der Waals surface area contributed by atoms with Gasteiger partial charge in [0.15, 0.2) is 9.84 Å². The van der Waals surface area contributed by atoms with E-state index >= 15 is 0 Å². The highest BCUT2D eigenvalue weighted by Crippen LogP contribution is 2.22. The highest BCUT2D eigenvalue weighted by atomic mass is 32.2. The maximum atomic E-state index is 11.5. The molecule has 0 saturated carbocycles. The Kier molecular flexibility index (Phi) is 4.33. The van der Waals surface area contributed by atoms with Crippen LogP contribution >= 0.6 is 0 Å². The number of benzene rings is 1. The fourth-order valence-electron chi connectivity index (χ4n) is 2.47. The maximum Gasteiger partial charge on any atom is 0.152 e. The third kappa shape index (κ3) is 4.10. The van der Waals surface area contributed by atoms with E-state index in [0.717, 1.165) is 11.4 Å². The molecule has 3 rings (SSSR count). The van der Waals surface area contributed by atoms with Gasteiger partial charge < -0.3 is 15.4 Å². The maximum absolute atomic E-state index is 11.5. The van der Waals surface area contributed by atoms with Gasteiger partial charge in [0.2, 0.25) is 0 Å². The summed E-state index contributed by atoms with van der Waals surface area (Å²) in [7, 11) is -1.30. The Balaban J connectivity index is 1.70. The molecule has 23 heavy (non-hydrogen) atoms. The van der Waals surface area contributed by atoms with Crippen molar-refractivity contribution in [2.24, 2.45) is 0 Å². The zero-order valence-electron chi connectivity index (χ0n) is 12.7. The van der Waals surface area contributed by atoms with Gasteiger partial charge >= 0.3 is 0 Å². The molecule has 0 radical (unpaired) electrons. The number of aromatic nitrogens is 2. The summed E-state index contributed by atoms with van der Waals surface area (Å²) in [4.78, 5) is 8.32. The summed E-state index contributed by atoms with van der Waals surface area (Å²) in [6, 6.07) is 9.16. The quantitative estimate of drug-likeness (QED) is 0.861. The minimum Gasteiger partial charge on any atom is -0.497 e. The Hall–Kier alpha value is -2.35. The second kappa shape index (κ2) is 6.41. The molecule has 1 aromatic heterocycles. The lowest BCUT2D eigenvalue weighted by Crippen LogP contribution is -2.21. The number of nitrogens with one attached hydrogen (secondary N) is 2. The first-order valence-corrected chi connectivity index (χ1v) is 9.06. The Morgan fingerprint density at radius 3 is 2.78 bits per heavy atom. The van der Waals surface area contributed by atoms with Crippen LogP contribution in [-0.4, -0.2) is 43.0 Å². The van der Waals surface area contributed by atoms with Gasteiger partial charge in [0.05, 0.1) is 18.6 Å². The number of hydrogen-bond donors (Lipinski definition) is 2. The van der Waals surface area contributed by atoms with Crippen molar-refractivity contribution >= 4 is 27.2 Å². The molecule has 2 heterocycles. The molecule has 8 heteroatoms. The van der Waals surface area contributed by atoms with Crippen molar-refractivity contribution < 1.29 is 13.2 Å². The van der Waals surface area contributed by atoms with Gasteiger partial charge in [-0.05, 0) is 18.6 Å². The molecule has 1 unspecified atom stereocenters. The highest BCUT2D eigenvalue weighted by molar-refractivity contribution is 7.91. The normalized spacial score (nSPS) is 19.3. The van der Waals surface area contributed by atoms with E-state index in [1.165, 1.54) is 6.33 Å². The van der Waals surface area contributed by atoms with Crippen molar-refractivity contribution in [2.45, 2.75) is 12.5 Å². The summed E-state index contributed by atoms with van der Waals surface area (Å²) in [5.74, 6) is 2.35. The van der Waals surface area contributed by atoms with Crippen molar-refractivity contribution in [3.05, 3.63) is 36.7 Å². The molecule has 0 amide bonds. The van der Waals surface area contributed by atoms with Crippen molar-refractivity contribution in [3.8, 4) is 5.75 Å². The van der Waals surface area contributed by atoms with Crippen molar-refractivity contribution in [1.29, 1.82) is 0 Å². The molecule has 1 saturated heterocycles. The number of methoxy groups -OCH3 is 1. The molecular formula is C15H18N4O3S. The molecule has 2 aromatic rings. The van der Waals surface area contributed by atoms with Gasteiger partial charge in [-0.1, -0.05) is 6.07 Å². The summed E-state index contributed by atoms with van der Waals surface area (Å²) < 4.78 is 28.2. The fraction of sp³-hybridized carbons (Fsp3) is 0.333. The van der Waals surface area contributed by atoms with Crippen molar-refractivity contribution in [2.75, 3.05) is 29.2 Å². The molecule has 0 aliphatic carbocycles. The van der Waals surface area contributed by atoms with Gasteiger partial charge in [-0.2, -0.15) is 0 Å². The molecule has 122 valence electrons. The van der Waals surface area contributed by atoms with Crippen LogP contribution in [0, 0.1) is 0 Å². The zero-order valence-corrected chi connectivity index (χ0v) is 13.5. The lowest BCUT2D eigenvalue weighted by molar-refractivity contribution is 0.415. The minimum atomic E-state index is -2.92. The van der Waals surface area contributed by atoms with Crippen LogP contribution in [0.4, 0.5) is 17.3 Å². The summed E-state index contributed by atoms with van der Waals surface area (Å²) in [5, 5.41) is 6.32. The van der Waals surface area contributed by atoms with E-state index in [1.807, 2.05) is 24.3 Å². The van der Waals surface area contributed by atoms with Crippen LogP contribution < -0.4 is 15.4 Å². The molecule has 1 aliphatic heterocycles. The van der Waals surface area contributed by atoms with E-state index < -0.39 is 9.84 Å². The molecule has 1 aliphatic rings. The largest absolute Gasteiger partial charge is 0.497 e. The van der Waals surface area contributed by atoms with Crippen LogP contribution in [0.25, 0.3) is 0 Å². The van der Waals surface area contributed by atoms with Crippen molar-refractivity contribution in [3.63, 3.8) is 0 Å². The summed E-state index contributed by atoms with van der Waals surface area (Å²) in [5.41, 5.74) is 0.845. The highest BCUT2D eigenvalue weighted by Gasteiger charge is 2.27. The van der Waals surface area contributed by atoms with Crippen LogP contribution in [0.5, 0.6) is 5.75 Å². The number of hydrogen-bond acceptors (Lipinski definition) is 7. The van der Waals surface area contributed by atoms with E-state index in [1.54, 1.807) is 13.2 Å². The number of ether oxygens (including phenoxy) is 1. The van der Waals surface area contributed by atoms with E-state index in [-0.39, 0.29) is 17.5 Å². The summed E-state index contributed by atoms with van der Waals surface area (Å²) in [6.45, 7) is 0. The van der Waals surface area contributed by atoms with Crippen LogP contribution in [0.3, 0.4) is 0 Å². The Morgan fingerprint density at radius 2 is 2.04 bits per heavy atom. The molecule has 1 aromatic carbocycles. The van der Waals surface area contributed by atoms with Gasteiger partial charge in [-0.15, -0.1) is 0 Å².